The predicted octanol–water partition coefficient (Wildman–Crippen LogP) is -0.299. The van der Waals surface area contributed by atoms with Crippen molar-refractivity contribution in [1.29, 1.82) is 0 Å². The van der Waals surface area contributed by atoms with Gasteiger partial charge in [0.05, 0.1) is 18.7 Å². The molecule has 5 heteroatoms. The van der Waals surface area contributed by atoms with Crippen molar-refractivity contribution in [2.45, 2.75) is 44.2 Å². The molecule has 2 aliphatic rings. The average molecular weight is 255 g/mol. The van der Waals surface area contributed by atoms with Crippen LogP contribution in [-0.4, -0.2) is 60.8 Å². The Morgan fingerprint density at radius 2 is 2.00 bits per heavy atom. The van der Waals surface area contributed by atoms with Crippen LogP contribution in [0.3, 0.4) is 0 Å². The largest absolute Gasteiger partial charge is 0.390 e. The third kappa shape index (κ3) is 4.23. The van der Waals surface area contributed by atoms with Gasteiger partial charge in [-0.05, 0) is 38.9 Å². The van der Waals surface area contributed by atoms with Gasteiger partial charge in [0.2, 0.25) is 5.91 Å². The molecule has 0 unspecified atom stereocenters. The van der Waals surface area contributed by atoms with Gasteiger partial charge in [-0.1, -0.05) is 12.8 Å². The SMILES string of the molecule is O=C(CN1CCCCCC1)N[C@@H]1CCNC[C@H]1O. The molecule has 2 atom stereocenters. The zero-order valence-corrected chi connectivity index (χ0v) is 11.0. The molecular weight excluding hydrogens is 230 g/mol. The molecule has 2 rings (SSSR count). The van der Waals surface area contributed by atoms with E-state index in [1.807, 2.05) is 0 Å². The second-order valence-corrected chi connectivity index (χ2v) is 5.42. The highest BCUT2D eigenvalue weighted by Crippen LogP contribution is 2.09. The highest BCUT2D eigenvalue weighted by molar-refractivity contribution is 5.78. The van der Waals surface area contributed by atoms with Gasteiger partial charge in [0.1, 0.15) is 0 Å². The second-order valence-electron chi connectivity index (χ2n) is 5.42. The molecule has 0 aliphatic carbocycles. The Morgan fingerprint density at radius 1 is 1.28 bits per heavy atom. The maximum absolute atomic E-state index is 12.0. The van der Waals surface area contributed by atoms with Gasteiger partial charge in [0, 0.05) is 6.54 Å². The number of nitrogens with zero attached hydrogens (tertiary/aromatic N) is 1. The van der Waals surface area contributed by atoms with Crippen LogP contribution in [-0.2, 0) is 4.79 Å². The fourth-order valence-corrected chi connectivity index (χ4v) is 2.76. The van der Waals surface area contributed by atoms with E-state index in [2.05, 4.69) is 15.5 Å². The summed E-state index contributed by atoms with van der Waals surface area (Å²) in [4.78, 5) is 14.2. The smallest absolute Gasteiger partial charge is 0.234 e. The summed E-state index contributed by atoms with van der Waals surface area (Å²) in [5.74, 6) is 0.0582. The van der Waals surface area contributed by atoms with Crippen molar-refractivity contribution in [3.8, 4) is 0 Å². The van der Waals surface area contributed by atoms with Gasteiger partial charge in [-0.2, -0.15) is 0 Å². The Morgan fingerprint density at radius 3 is 2.67 bits per heavy atom. The predicted molar refractivity (Wildman–Crippen MR) is 70.3 cm³/mol. The van der Waals surface area contributed by atoms with Crippen molar-refractivity contribution in [3.63, 3.8) is 0 Å². The standard InChI is InChI=1S/C13H25N3O2/c17-12-9-14-6-5-11(12)15-13(18)10-16-7-3-1-2-4-8-16/h11-12,14,17H,1-10H2,(H,15,18)/t11-,12-/m1/s1. The topological polar surface area (TPSA) is 64.6 Å². The monoisotopic (exact) mass is 255 g/mol. The lowest BCUT2D eigenvalue weighted by Gasteiger charge is -2.30. The van der Waals surface area contributed by atoms with Crippen LogP contribution in [0.2, 0.25) is 0 Å². The van der Waals surface area contributed by atoms with E-state index in [0.717, 1.165) is 26.1 Å². The molecule has 1 amide bonds. The molecule has 2 fully saturated rings. The van der Waals surface area contributed by atoms with Crippen LogP contribution in [0.15, 0.2) is 0 Å². The number of piperidine rings is 1. The first-order valence-corrected chi connectivity index (χ1v) is 7.16. The minimum absolute atomic E-state index is 0.0582. The van der Waals surface area contributed by atoms with Gasteiger partial charge in [-0.15, -0.1) is 0 Å². The number of rotatable bonds is 3. The van der Waals surface area contributed by atoms with Crippen LogP contribution < -0.4 is 10.6 Å². The number of aliphatic hydroxyl groups is 1. The molecule has 0 bridgehead atoms. The van der Waals surface area contributed by atoms with Gasteiger partial charge >= 0.3 is 0 Å². The molecule has 0 aromatic rings. The summed E-state index contributed by atoms with van der Waals surface area (Å²) in [5.41, 5.74) is 0. The Hall–Kier alpha value is -0.650. The first-order valence-electron chi connectivity index (χ1n) is 7.16. The Bertz CT molecular complexity index is 265. The van der Waals surface area contributed by atoms with Crippen LogP contribution in [0.25, 0.3) is 0 Å². The van der Waals surface area contributed by atoms with E-state index in [4.69, 9.17) is 0 Å². The molecular formula is C13H25N3O2. The number of β-amino-alcohol motifs (C(OH)–C–C–N with tert-alkyl or cyclic N) is 1. The van der Waals surface area contributed by atoms with E-state index in [-0.39, 0.29) is 11.9 Å². The zero-order valence-electron chi connectivity index (χ0n) is 11.0. The molecule has 0 saturated carbocycles. The minimum Gasteiger partial charge on any atom is -0.390 e. The van der Waals surface area contributed by atoms with Crippen LogP contribution in [0.1, 0.15) is 32.1 Å². The number of amides is 1. The van der Waals surface area contributed by atoms with Gasteiger partial charge in [-0.3, -0.25) is 9.69 Å². The number of hydrogen-bond acceptors (Lipinski definition) is 4. The molecule has 3 N–H and O–H groups in total. The number of carbonyl (C=O) groups excluding carboxylic acids is 1. The molecule has 5 nitrogen and oxygen atoms in total. The van der Waals surface area contributed by atoms with Crippen LogP contribution in [0.4, 0.5) is 0 Å². The molecule has 0 spiro atoms. The maximum Gasteiger partial charge on any atom is 0.234 e. The van der Waals surface area contributed by atoms with Gasteiger partial charge in [-0.25, -0.2) is 0 Å². The summed E-state index contributed by atoms with van der Waals surface area (Å²) >= 11 is 0. The van der Waals surface area contributed by atoms with Crippen molar-refractivity contribution in [3.05, 3.63) is 0 Å². The van der Waals surface area contributed by atoms with Gasteiger partial charge in [0.15, 0.2) is 0 Å². The summed E-state index contributed by atoms with van der Waals surface area (Å²) in [6.07, 6.45) is 5.32. The highest BCUT2D eigenvalue weighted by atomic mass is 16.3. The first-order chi connectivity index (χ1) is 8.75. The third-order valence-electron chi connectivity index (χ3n) is 3.86. The molecule has 2 saturated heterocycles. The highest BCUT2D eigenvalue weighted by Gasteiger charge is 2.24. The molecule has 0 radical (unpaired) electrons. The lowest BCUT2D eigenvalue weighted by atomic mass is 10.0. The maximum atomic E-state index is 12.0. The third-order valence-corrected chi connectivity index (χ3v) is 3.86. The van der Waals surface area contributed by atoms with Crippen molar-refractivity contribution in [2.24, 2.45) is 0 Å². The van der Waals surface area contributed by atoms with Gasteiger partial charge in [0.25, 0.3) is 0 Å². The number of nitrogens with one attached hydrogen (secondary N) is 2. The number of carbonyl (C=O) groups is 1. The molecule has 0 aromatic heterocycles. The second kappa shape index (κ2) is 7.07. The van der Waals surface area contributed by atoms with Crippen LogP contribution in [0, 0.1) is 0 Å². The summed E-state index contributed by atoms with van der Waals surface area (Å²) < 4.78 is 0. The Kier molecular flexibility index (Phi) is 5.41. The molecule has 18 heavy (non-hydrogen) atoms. The summed E-state index contributed by atoms with van der Waals surface area (Å²) in [6, 6.07) is -0.0780. The number of likely N-dealkylation sites (tertiary alicyclic amines) is 1. The fraction of sp³-hybridized carbons (Fsp3) is 0.923. The molecule has 104 valence electrons. The molecule has 0 aromatic carbocycles. The van der Waals surface area contributed by atoms with E-state index in [1.165, 1.54) is 25.7 Å². The minimum atomic E-state index is -0.452. The zero-order chi connectivity index (χ0) is 12.8. The summed E-state index contributed by atoms with van der Waals surface area (Å²) in [5, 5.41) is 15.9. The van der Waals surface area contributed by atoms with E-state index in [0.29, 0.717) is 13.1 Å². The van der Waals surface area contributed by atoms with Crippen molar-refractivity contribution in [1.82, 2.24) is 15.5 Å². The van der Waals surface area contributed by atoms with Crippen LogP contribution >= 0.6 is 0 Å². The normalized spacial score (nSPS) is 30.7. The van der Waals surface area contributed by atoms with Crippen LogP contribution in [0.5, 0.6) is 0 Å². The number of hydrogen-bond donors (Lipinski definition) is 3. The summed E-state index contributed by atoms with van der Waals surface area (Å²) in [7, 11) is 0. The van der Waals surface area contributed by atoms with Crippen molar-refractivity contribution < 1.29 is 9.90 Å². The number of aliphatic hydroxyl groups excluding tert-OH is 1. The van der Waals surface area contributed by atoms with E-state index in [9.17, 15) is 9.90 Å². The molecule has 2 heterocycles. The van der Waals surface area contributed by atoms with E-state index < -0.39 is 6.10 Å². The fourth-order valence-electron chi connectivity index (χ4n) is 2.76. The Labute approximate surface area is 109 Å². The lowest BCUT2D eigenvalue weighted by molar-refractivity contribution is -0.124. The average Bonchev–Trinajstić information content (AvgIpc) is 2.61. The van der Waals surface area contributed by atoms with E-state index in [1.54, 1.807) is 0 Å². The van der Waals surface area contributed by atoms with Crippen molar-refractivity contribution in [2.75, 3.05) is 32.7 Å². The first kappa shape index (κ1) is 13.8. The molecule has 2 aliphatic heterocycles. The van der Waals surface area contributed by atoms with E-state index >= 15 is 0 Å². The summed E-state index contributed by atoms with van der Waals surface area (Å²) in [6.45, 7) is 3.99. The quantitative estimate of drug-likeness (QED) is 0.648. The van der Waals surface area contributed by atoms with Gasteiger partial charge < -0.3 is 15.7 Å². The lowest BCUT2D eigenvalue weighted by Crippen LogP contribution is -2.54. The van der Waals surface area contributed by atoms with Crippen molar-refractivity contribution >= 4 is 5.91 Å². The Balaban J connectivity index is 1.73.